The van der Waals surface area contributed by atoms with Gasteiger partial charge in [-0.3, -0.25) is 0 Å². The molecule has 0 saturated carbocycles. The van der Waals surface area contributed by atoms with Crippen molar-refractivity contribution < 1.29 is 0 Å². The Labute approximate surface area is 216 Å². The first kappa shape index (κ1) is 24.2. The molecule has 1 N–H and O–H groups in total. The minimum absolute atomic E-state index is 0.0109. The van der Waals surface area contributed by atoms with Gasteiger partial charge in [-0.1, -0.05) is 101 Å². The van der Waals surface area contributed by atoms with Crippen LogP contribution in [-0.2, 0) is 10.8 Å². The summed E-state index contributed by atoms with van der Waals surface area (Å²) in [6.07, 6.45) is 7.93. The van der Waals surface area contributed by atoms with Gasteiger partial charge in [0.25, 0.3) is 0 Å². The molecule has 2 heteroatoms. The summed E-state index contributed by atoms with van der Waals surface area (Å²) < 4.78 is 0. The molecule has 0 bridgehead atoms. The third kappa shape index (κ3) is 3.89. The second-order valence-corrected chi connectivity index (χ2v) is 11.1. The molecule has 0 aliphatic carbocycles. The van der Waals surface area contributed by atoms with Gasteiger partial charge >= 0.3 is 0 Å². The molecule has 0 amide bonds. The Balaban J connectivity index is 1.48. The summed E-state index contributed by atoms with van der Waals surface area (Å²) in [6.45, 7) is 12.7. The zero-order valence-electron chi connectivity index (χ0n) is 22.5. The van der Waals surface area contributed by atoms with Crippen LogP contribution in [0.15, 0.2) is 96.7 Å². The average Bonchev–Trinajstić information content (AvgIpc) is 3.11. The average molecular weight is 475 g/mol. The fourth-order valence-electron chi connectivity index (χ4n) is 6.21. The highest BCUT2D eigenvalue weighted by atomic mass is 15.2. The Morgan fingerprint density at radius 2 is 1.50 bits per heavy atom. The van der Waals surface area contributed by atoms with Gasteiger partial charge in [0, 0.05) is 36.1 Å². The number of benzene rings is 4. The highest BCUT2D eigenvalue weighted by Crippen LogP contribution is 2.50. The number of nitrogens with zero attached hydrogens (tertiary/aromatic N) is 1. The molecule has 0 atom stereocenters. The Bertz CT molecular complexity index is 1490. The van der Waals surface area contributed by atoms with E-state index in [2.05, 4.69) is 136 Å². The maximum atomic E-state index is 3.44. The van der Waals surface area contributed by atoms with Crippen LogP contribution in [-0.4, -0.2) is 13.6 Å². The molecule has 5 rings (SSSR count). The minimum Gasteiger partial charge on any atom is -0.388 e. The molecule has 4 aromatic carbocycles. The summed E-state index contributed by atoms with van der Waals surface area (Å²) in [6, 6.07) is 26.5. The van der Waals surface area contributed by atoms with E-state index in [1.54, 1.807) is 0 Å². The molecule has 0 saturated heterocycles. The number of anilines is 2. The number of allylic oxidation sites excluding steroid dienone is 4. The number of hydrogen-bond acceptors (Lipinski definition) is 2. The van der Waals surface area contributed by atoms with Crippen molar-refractivity contribution in [2.45, 2.75) is 51.9 Å². The fourth-order valence-corrected chi connectivity index (χ4v) is 6.21. The Kier molecular flexibility index (Phi) is 6.16. The van der Waals surface area contributed by atoms with E-state index in [9.17, 15) is 0 Å². The van der Waals surface area contributed by atoms with E-state index < -0.39 is 0 Å². The molecule has 1 aliphatic heterocycles. The Morgan fingerprint density at radius 3 is 2.19 bits per heavy atom. The first-order chi connectivity index (χ1) is 17.3. The van der Waals surface area contributed by atoms with Crippen LogP contribution < -0.4 is 10.2 Å². The summed E-state index contributed by atoms with van der Waals surface area (Å²) in [7, 11) is 2.02. The van der Waals surface area contributed by atoms with Gasteiger partial charge in [0.15, 0.2) is 0 Å². The highest BCUT2D eigenvalue weighted by molar-refractivity contribution is 5.95. The first-order valence-corrected chi connectivity index (χ1v) is 13.2. The maximum Gasteiger partial charge on any atom is 0.0456 e. The van der Waals surface area contributed by atoms with Crippen LogP contribution in [0.5, 0.6) is 0 Å². The molecule has 1 aliphatic rings. The predicted octanol–water partition coefficient (Wildman–Crippen LogP) is 8.96. The first-order valence-electron chi connectivity index (χ1n) is 13.2. The number of nitrogens with one attached hydrogen (secondary N) is 1. The van der Waals surface area contributed by atoms with E-state index in [1.165, 1.54) is 49.7 Å². The second kappa shape index (κ2) is 9.17. The lowest BCUT2D eigenvalue weighted by Crippen LogP contribution is -2.25. The molecule has 0 radical (unpaired) electrons. The molecule has 0 aromatic heterocycles. The van der Waals surface area contributed by atoms with Crippen molar-refractivity contribution in [3.05, 3.63) is 108 Å². The van der Waals surface area contributed by atoms with Gasteiger partial charge in [0.2, 0.25) is 0 Å². The van der Waals surface area contributed by atoms with E-state index in [1.807, 2.05) is 7.05 Å². The van der Waals surface area contributed by atoms with Crippen molar-refractivity contribution in [3.63, 3.8) is 0 Å². The normalized spacial score (nSPS) is 16.4. The van der Waals surface area contributed by atoms with Crippen LogP contribution in [0.25, 0.3) is 21.5 Å². The van der Waals surface area contributed by atoms with Gasteiger partial charge < -0.3 is 10.2 Å². The molecule has 36 heavy (non-hydrogen) atoms. The number of fused-ring (bicyclic) bond motifs is 4. The van der Waals surface area contributed by atoms with Crippen molar-refractivity contribution in [1.82, 2.24) is 0 Å². The van der Waals surface area contributed by atoms with Crippen LogP contribution in [0, 0.1) is 0 Å². The third-order valence-electron chi connectivity index (χ3n) is 7.96. The van der Waals surface area contributed by atoms with E-state index in [0.29, 0.717) is 0 Å². The molecule has 4 aromatic rings. The third-order valence-corrected chi connectivity index (χ3v) is 7.96. The monoisotopic (exact) mass is 474 g/mol. The molecular weight excluding hydrogens is 436 g/mol. The summed E-state index contributed by atoms with van der Waals surface area (Å²) >= 11 is 0. The standard InChI is InChI=1S/C34H38N2/c1-7-36-29-22-20-25-15-9-11-17-27(25)32(29)34(4,5)30(36)18-12-13-23-33(2,3)31-26-16-10-8-14-24(26)19-21-28(31)35-6/h8-22,35H,7,23H2,1-6H3/b13-12+,30-18+. The number of likely N-dealkylation sites (N-methyl/N-ethyl adjacent to an activating group) is 1. The topological polar surface area (TPSA) is 15.3 Å². The largest absolute Gasteiger partial charge is 0.388 e. The van der Waals surface area contributed by atoms with E-state index >= 15 is 0 Å². The van der Waals surface area contributed by atoms with E-state index in [4.69, 9.17) is 0 Å². The minimum atomic E-state index is -0.0546. The Morgan fingerprint density at radius 1 is 0.861 bits per heavy atom. The van der Waals surface area contributed by atoms with Crippen molar-refractivity contribution >= 4 is 32.9 Å². The van der Waals surface area contributed by atoms with Gasteiger partial charge in [-0.15, -0.1) is 0 Å². The molecule has 0 fully saturated rings. The van der Waals surface area contributed by atoms with Crippen LogP contribution in [0.1, 0.15) is 52.2 Å². The summed E-state index contributed by atoms with van der Waals surface area (Å²) in [5, 5.41) is 8.74. The van der Waals surface area contributed by atoms with Crippen molar-refractivity contribution in [1.29, 1.82) is 0 Å². The zero-order valence-corrected chi connectivity index (χ0v) is 22.5. The van der Waals surface area contributed by atoms with Crippen molar-refractivity contribution in [2.75, 3.05) is 23.8 Å². The lowest BCUT2D eigenvalue weighted by atomic mass is 9.78. The van der Waals surface area contributed by atoms with Gasteiger partial charge in [0.05, 0.1) is 0 Å². The summed E-state index contributed by atoms with van der Waals surface area (Å²) in [5.74, 6) is 0. The zero-order chi connectivity index (χ0) is 25.5. The lowest BCUT2D eigenvalue weighted by molar-refractivity contribution is 0.540. The van der Waals surface area contributed by atoms with E-state index in [0.717, 1.165) is 13.0 Å². The SMILES string of the molecule is CCN1/C(=C/C=C/CC(C)(C)c2c(NC)ccc3ccccc23)C(C)(C)c2c1ccc1ccccc21. The number of hydrogen-bond donors (Lipinski definition) is 1. The van der Waals surface area contributed by atoms with E-state index in [-0.39, 0.29) is 10.8 Å². The second-order valence-electron chi connectivity index (χ2n) is 11.1. The quantitative estimate of drug-likeness (QED) is 0.300. The molecule has 0 spiro atoms. The smallest absolute Gasteiger partial charge is 0.0456 e. The predicted molar refractivity (Wildman–Crippen MR) is 158 cm³/mol. The van der Waals surface area contributed by atoms with Crippen LogP contribution in [0.4, 0.5) is 11.4 Å². The van der Waals surface area contributed by atoms with Crippen LogP contribution in [0.2, 0.25) is 0 Å². The molecule has 2 nitrogen and oxygen atoms in total. The van der Waals surface area contributed by atoms with Gasteiger partial charge in [0.1, 0.15) is 0 Å². The van der Waals surface area contributed by atoms with Gasteiger partial charge in [-0.2, -0.15) is 0 Å². The number of rotatable bonds is 6. The van der Waals surface area contributed by atoms with Gasteiger partial charge in [-0.05, 0) is 69.6 Å². The highest BCUT2D eigenvalue weighted by Gasteiger charge is 2.40. The summed E-state index contributed by atoms with van der Waals surface area (Å²) in [5.41, 5.74) is 6.68. The van der Waals surface area contributed by atoms with Crippen LogP contribution >= 0.6 is 0 Å². The molecule has 184 valence electrons. The van der Waals surface area contributed by atoms with Crippen molar-refractivity contribution in [2.24, 2.45) is 0 Å². The Hall–Kier alpha value is -3.52. The van der Waals surface area contributed by atoms with Crippen molar-refractivity contribution in [3.8, 4) is 0 Å². The maximum absolute atomic E-state index is 3.44. The lowest BCUT2D eigenvalue weighted by Gasteiger charge is -2.28. The molecule has 0 unspecified atom stereocenters. The fraction of sp³-hybridized carbons (Fsp3) is 0.294. The molecule has 1 heterocycles. The summed E-state index contributed by atoms with van der Waals surface area (Å²) in [4.78, 5) is 2.49. The van der Waals surface area contributed by atoms with Gasteiger partial charge in [-0.25, -0.2) is 0 Å². The van der Waals surface area contributed by atoms with Crippen LogP contribution in [0.3, 0.4) is 0 Å². The molecular formula is C34H38N2.